The van der Waals surface area contributed by atoms with E-state index in [9.17, 15) is 20.4 Å². The van der Waals surface area contributed by atoms with E-state index in [1.54, 1.807) is 18.2 Å². The zero-order chi connectivity index (χ0) is 28.4. The lowest BCUT2D eigenvalue weighted by molar-refractivity contribution is 0.115. The summed E-state index contributed by atoms with van der Waals surface area (Å²) >= 11 is 0. The molecule has 0 saturated heterocycles. The quantitative estimate of drug-likeness (QED) is 0.229. The summed E-state index contributed by atoms with van der Waals surface area (Å²) in [5, 5.41) is 48.2. The van der Waals surface area contributed by atoms with Gasteiger partial charge in [-0.2, -0.15) is 0 Å². The summed E-state index contributed by atoms with van der Waals surface area (Å²) in [7, 11) is 0. The van der Waals surface area contributed by atoms with E-state index in [0.29, 0.717) is 22.6 Å². The Morgan fingerprint density at radius 3 is 1.39 bits per heavy atom. The Hall–Kier alpha value is -2.98. The van der Waals surface area contributed by atoms with Gasteiger partial charge >= 0.3 is 0 Å². The standard InChI is InChI=1S/C37H46O4/c38-34-23-22-28(25-12-4-1-5-13-25)24-33(34)37(41,31-20-10-18-29(35(31)39)26-14-6-2-7-15-26)32-21-11-19-30(36(32)40)27-16-8-3-9-17-27/h10-11,18-27,38-41H,1-9,12-17H2. The number of benzene rings is 3. The van der Waals surface area contributed by atoms with Crippen molar-refractivity contribution in [2.24, 2.45) is 0 Å². The minimum Gasteiger partial charge on any atom is -0.508 e. The van der Waals surface area contributed by atoms with Crippen molar-refractivity contribution < 1.29 is 20.4 Å². The zero-order valence-electron chi connectivity index (χ0n) is 24.3. The Bertz CT molecular complexity index is 1270. The van der Waals surface area contributed by atoms with Gasteiger partial charge in [-0.1, -0.05) is 100 Å². The minimum absolute atomic E-state index is 0.0306. The lowest BCUT2D eigenvalue weighted by atomic mass is 9.73. The molecule has 0 radical (unpaired) electrons. The molecule has 0 bridgehead atoms. The third kappa shape index (κ3) is 5.36. The highest BCUT2D eigenvalue weighted by atomic mass is 16.3. The van der Waals surface area contributed by atoms with Crippen LogP contribution in [-0.2, 0) is 5.60 Å². The van der Waals surface area contributed by atoms with E-state index in [1.165, 1.54) is 32.1 Å². The van der Waals surface area contributed by atoms with Crippen LogP contribution in [0.3, 0.4) is 0 Å². The lowest BCUT2D eigenvalue weighted by Gasteiger charge is -2.35. The van der Waals surface area contributed by atoms with Gasteiger partial charge in [0.25, 0.3) is 0 Å². The molecule has 0 amide bonds. The van der Waals surface area contributed by atoms with Gasteiger partial charge in [-0.15, -0.1) is 0 Å². The highest BCUT2D eigenvalue weighted by Gasteiger charge is 2.43. The van der Waals surface area contributed by atoms with E-state index in [1.807, 2.05) is 36.4 Å². The molecule has 3 aromatic rings. The van der Waals surface area contributed by atoms with Crippen LogP contribution in [0.25, 0.3) is 0 Å². The largest absolute Gasteiger partial charge is 0.508 e. The number of para-hydroxylation sites is 2. The predicted molar refractivity (Wildman–Crippen MR) is 164 cm³/mol. The van der Waals surface area contributed by atoms with Gasteiger partial charge in [0.15, 0.2) is 5.60 Å². The number of hydrogen-bond donors (Lipinski definition) is 4. The number of phenols is 3. The molecule has 3 aliphatic rings. The van der Waals surface area contributed by atoms with E-state index in [0.717, 1.165) is 80.9 Å². The molecule has 218 valence electrons. The lowest BCUT2D eigenvalue weighted by Crippen LogP contribution is -2.30. The Kier molecular flexibility index (Phi) is 8.30. The minimum atomic E-state index is -1.93. The van der Waals surface area contributed by atoms with Crippen molar-refractivity contribution in [2.75, 3.05) is 0 Å². The summed E-state index contributed by atoms with van der Waals surface area (Å²) in [6.45, 7) is 0. The Morgan fingerprint density at radius 2 is 0.927 bits per heavy atom. The monoisotopic (exact) mass is 554 g/mol. The first kappa shape index (κ1) is 28.2. The molecule has 4 heteroatoms. The highest BCUT2D eigenvalue weighted by molar-refractivity contribution is 5.62. The van der Waals surface area contributed by atoms with Crippen LogP contribution in [0.1, 0.15) is 147 Å². The maximum Gasteiger partial charge on any atom is 0.151 e. The second-order valence-electron chi connectivity index (χ2n) is 13.0. The van der Waals surface area contributed by atoms with Crippen LogP contribution < -0.4 is 0 Å². The molecule has 0 unspecified atom stereocenters. The van der Waals surface area contributed by atoms with Gasteiger partial charge in [0.05, 0.1) is 0 Å². The summed E-state index contributed by atoms with van der Waals surface area (Å²) < 4.78 is 0. The van der Waals surface area contributed by atoms with Crippen molar-refractivity contribution in [3.05, 3.63) is 88.0 Å². The number of aliphatic hydroxyl groups is 1. The third-order valence-electron chi connectivity index (χ3n) is 10.5. The molecule has 3 saturated carbocycles. The van der Waals surface area contributed by atoms with Crippen LogP contribution in [-0.4, -0.2) is 20.4 Å². The van der Waals surface area contributed by atoms with Crippen molar-refractivity contribution in [1.29, 1.82) is 0 Å². The van der Waals surface area contributed by atoms with Crippen molar-refractivity contribution >= 4 is 0 Å². The van der Waals surface area contributed by atoms with Gasteiger partial charge < -0.3 is 20.4 Å². The number of phenolic OH excluding ortho intramolecular Hbond substituents is 3. The summed E-state index contributed by atoms with van der Waals surface area (Å²) in [6.07, 6.45) is 16.8. The van der Waals surface area contributed by atoms with Crippen molar-refractivity contribution in [3.8, 4) is 17.2 Å². The smallest absolute Gasteiger partial charge is 0.151 e. The molecule has 4 nitrogen and oxygen atoms in total. The predicted octanol–water partition coefficient (Wildman–Crippen LogP) is 9.23. The molecule has 0 aliphatic heterocycles. The second-order valence-corrected chi connectivity index (χ2v) is 13.0. The first-order valence-corrected chi connectivity index (χ1v) is 16.2. The van der Waals surface area contributed by atoms with Crippen LogP contribution >= 0.6 is 0 Å². The number of aromatic hydroxyl groups is 3. The Morgan fingerprint density at radius 1 is 0.488 bits per heavy atom. The van der Waals surface area contributed by atoms with E-state index in [4.69, 9.17) is 0 Å². The van der Waals surface area contributed by atoms with Gasteiger partial charge in [0.1, 0.15) is 17.2 Å². The van der Waals surface area contributed by atoms with E-state index >= 15 is 0 Å². The average molecular weight is 555 g/mol. The zero-order valence-corrected chi connectivity index (χ0v) is 24.3. The number of rotatable bonds is 6. The molecule has 0 heterocycles. The van der Waals surface area contributed by atoms with Gasteiger partial charge in [0.2, 0.25) is 0 Å². The van der Waals surface area contributed by atoms with Crippen molar-refractivity contribution in [2.45, 2.75) is 120 Å². The molecule has 0 spiro atoms. The molecular weight excluding hydrogens is 508 g/mol. The first-order chi connectivity index (χ1) is 20.0. The average Bonchev–Trinajstić information content (AvgIpc) is 3.02. The van der Waals surface area contributed by atoms with Crippen LogP contribution in [0, 0.1) is 0 Å². The fourth-order valence-corrected chi connectivity index (χ4v) is 8.16. The second kappa shape index (κ2) is 12.1. The molecule has 41 heavy (non-hydrogen) atoms. The third-order valence-corrected chi connectivity index (χ3v) is 10.5. The normalized spacial score (nSPS) is 19.8. The summed E-state index contributed by atoms with van der Waals surface area (Å²) in [5.41, 5.74) is 1.85. The SMILES string of the molecule is Oc1ccc(C2CCCCC2)cc1C(O)(c1cccc(C2CCCCC2)c1O)c1cccc(C2CCCCC2)c1O. The van der Waals surface area contributed by atoms with E-state index in [2.05, 4.69) is 0 Å². The molecule has 3 aromatic carbocycles. The maximum atomic E-state index is 13.1. The molecule has 3 fully saturated rings. The van der Waals surface area contributed by atoms with E-state index < -0.39 is 5.60 Å². The summed E-state index contributed by atoms with van der Waals surface area (Å²) in [6, 6.07) is 16.9. The topological polar surface area (TPSA) is 80.9 Å². The fraction of sp³-hybridized carbons (Fsp3) is 0.514. The molecule has 0 aromatic heterocycles. The van der Waals surface area contributed by atoms with Gasteiger partial charge in [-0.25, -0.2) is 0 Å². The summed E-state index contributed by atoms with van der Waals surface area (Å²) in [5.74, 6) is 0.960. The van der Waals surface area contributed by atoms with Crippen LogP contribution in [0.4, 0.5) is 0 Å². The molecular formula is C37H46O4. The van der Waals surface area contributed by atoms with Crippen molar-refractivity contribution in [3.63, 3.8) is 0 Å². The van der Waals surface area contributed by atoms with Gasteiger partial charge in [-0.05, 0) is 85.1 Å². The maximum absolute atomic E-state index is 13.1. The molecule has 6 rings (SSSR count). The first-order valence-electron chi connectivity index (χ1n) is 16.2. The van der Waals surface area contributed by atoms with E-state index in [-0.39, 0.29) is 29.1 Å². The molecule has 4 N–H and O–H groups in total. The fourth-order valence-electron chi connectivity index (χ4n) is 8.16. The van der Waals surface area contributed by atoms with Crippen molar-refractivity contribution in [1.82, 2.24) is 0 Å². The van der Waals surface area contributed by atoms with Crippen LogP contribution in [0.5, 0.6) is 17.2 Å². The molecule has 0 atom stereocenters. The Labute approximate surface area is 245 Å². The van der Waals surface area contributed by atoms with Gasteiger partial charge in [0, 0.05) is 16.7 Å². The highest BCUT2D eigenvalue weighted by Crippen LogP contribution is 2.52. The van der Waals surface area contributed by atoms with Crippen LogP contribution in [0.15, 0.2) is 54.6 Å². The Balaban J connectivity index is 1.55. The van der Waals surface area contributed by atoms with Crippen LogP contribution in [0.2, 0.25) is 0 Å². The number of hydrogen-bond acceptors (Lipinski definition) is 4. The summed E-state index contributed by atoms with van der Waals surface area (Å²) in [4.78, 5) is 0. The van der Waals surface area contributed by atoms with Gasteiger partial charge in [-0.3, -0.25) is 0 Å². The molecule has 3 aliphatic carbocycles.